The van der Waals surface area contributed by atoms with Gasteiger partial charge in [-0.1, -0.05) is 29.8 Å². The Morgan fingerprint density at radius 2 is 2.10 bits per heavy atom. The molecule has 8 heteroatoms. The predicted octanol–water partition coefficient (Wildman–Crippen LogP) is 3.38. The first-order valence-electron chi connectivity index (χ1n) is 10.7. The summed E-state index contributed by atoms with van der Waals surface area (Å²) in [6.07, 6.45) is 6.67. The lowest BCUT2D eigenvalue weighted by molar-refractivity contribution is -0.137. The van der Waals surface area contributed by atoms with Gasteiger partial charge in [-0.15, -0.1) is 0 Å². The predicted molar refractivity (Wildman–Crippen MR) is 112 cm³/mol. The lowest BCUT2D eigenvalue weighted by Crippen LogP contribution is -2.28. The maximum Gasteiger partial charge on any atom is 0.306 e. The van der Waals surface area contributed by atoms with E-state index in [9.17, 15) is 9.59 Å². The van der Waals surface area contributed by atoms with E-state index in [0.717, 1.165) is 25.1 Å². The number of carbonyl (C=O) groups is 1. The zero-order chi connectivity index (χ0) is 21.2. The fourth-order valence-electron chi connectivity index (χ4n) is 5.80. The Morgan fingerprint density at radius 1 is 1.26 bits per heavy atom. The molecule has 2 N–H and O–H groups in total. The van der Waals surface area contributed by atoms with Gasteiger partial charge >= 0.3 is 12.0 Å². The fraction of sp³-hybridized carbons (Fsp3) is 0.391. The van der Waals surface area contributed by atoms with E-state index in [2.05, 4.69) is 16.0 Å². The summed E-state index contributed by atoms with van der Waals surface area (Å²) in [6, 6.07) is 9.06. The molecule has 4 aliphatic rings. The van der Waals surface area contributed by atoms with Crippen LogP contribution in [-0.2, 0) is 16.8 Å². The first-order valence-corrected chi connectivity index (χ1v) is 10.7. The molecule has 0 saturated heterocycles. The summed E-state index contributed by atoms with van der Waals surface area (Å²) in [6.45, 7) is -0.0337. The number of H-pyrrole nitrogens is 1. The Balaban J connectivity index is 1.46. The van der Waals surface area contributed by atoms with Crippen molar-refractivity contribution >= 4 is 17.1 Å². The highest BCUT2D eigenvalue weighted by molar-refractivity contribution is 5.71. The lowest BCUT2D eigenvalue weighted by atomic mass is 9.74. The number of rotatable bonds is 6. The van der Waals surface area contributed by atoms with E-state index in [-0.39, 0.29) is 30.0 Å². The first-order chi connectivity index (χ1) is 15.0. The van der Waals surface area contributed by atoms with Crippen LogP contribution in [0.25, 0.3) is 11.2 Å². The Morgan fingerprint density at radius 3 is 2.87 bits per heavy atom. The van der Waals surface area contributed by atoms with E-state index in [4.69, 9.17) is 14.8 Å². The number of fused-ring (bicyclic) bond motifs is 1. The van der Waals surface area contributed by atoms with E-state index in [1.165, 1.54) is 16.6 Å². The number of ether oxygens (including phenoxy) is 1. The molecule has 8 nitrogen and oxygen atoms in total. The summed E-state index contributed by atoms with van der Waals surface area (Å²) in [7, 11) is 0. The van der Waals surface area contributed by atoms with Gasteiger partial charge in [-0.3, -0.25) is 14.2 Å². The smallest absolute Gasteiger partial charge is 0.306 e. The Bertz CT molecular complexity index is 1290. The van der Waals surface area contributed by atoms with Crippen molar-refractivity contribution in [2.75, 3.05) is 0 Å². The van der Waals surface area contributed by atoms with Gasteiger partial charge < -0.3 is 14.8 Å². The van der Waals surface area contributed by atoms with Crippen LogP contribution in [0.1, 0.15) is 37.9 Å². The van der Waals surface area contributed by atoms with Crippen molar-refractivity contribution in [2.24, 2.45) is 11.8 Å². The van der Waals surface area contributed by atoms with Gasteiger partial charge in [-0.2, -0.15) is 4.98 Å². The molecule has 2 aromatic heterocycles. The van der Waals surface area contributed by atoms with Gasteiger partial charge in [0, 0.05) is 6.54 Å². The van der Waals surface area contributed by atoms with Crippen LogP contribution in [-0.4, -0.2) is 30.6 Å². The number of carboxylic acids is 1. The molecule has 0 spiro atoms. The molecule has 2 heterocycles. The lowest BCUT2D eigenvalue weighted by Gasteiger charge is -2.30. The Labute approximate surface area is 177 Å². The van der Waals surface area contributed by atoms with E-state index in [1.54, 1.807) is 12.1 Å². The van der Waals surface area contributed by atoms with Crippen molar-refractivity contribution in [2.45, 2.75) is 44.1 Å². The number of para-hydroxylation sites is 1. The van der Waals surface area contributed by atoms with Crippen LogP contribution < -0.4 is 10.3 Å². The van der Waals surface area contributed by atoms with Gasteiger partial charge in [0.2, 0.25) is 0 Å². The minimum atomic E-state index is -0.993. The molecule has 158 valence electrons. The van der Waals surface area contributed by atoms with Crippen molar-refractivity contribution < 1.29 is 14.6 Å². The molecule has 3 unspecified atom stereocenters. The normalized spacial score (nSPS) is 25.9. The average molecular weight is 418 g/mol. The number of aromatic amines is 1. The molecule has 2 saturated carbocycles. The number of hydrogen-bond acceptors (Lipinski definition) is 5. The Kier molecular flexibility index (Phi) is 3.87. The summed E-state index contributed by atoms with van der Waals surface area (Å²) in [4.78, 5) is 37.0. The average Bonchev–Trinajstić information content (AvgIpc) is 3.36. The molecule has 3 atom stereocenters. The summed E-state index contributed by atoms with van der Waals surface area (Å²) >= 11 is 0. The molecule has 7 rings (SSSR count). The molecule has 4 aliphatic carbocycles. The summed E-state index contributed by atoms with van der Waals surface area (Å²) in [5.41, 5.74) is 1.60. The number of aromatic nitrogens is 4. The molecule has 0 radical (unpaired) electrons. The van der Waals surface area contributed by atoms with Crippen molar-refractivity contribution in [3.63, 3.8) is 0 Å². The molecule has 0 aliphatic heterocycles. The van der Waals surface area contributed by atoms with Gasteiger partial charge in [0.05, 0.1) is 11.8 Å². The van der Waals surface area contributed by atoms with Gasteiger partial charge in [0.25, 0.3) is 5.56 Å². The maximum atomic E-state index is 13.3. The number of allylic oxidation sites excluding steroid dienone is 2. The maximum absolute atomic E-state index is 13.3. The number of benzene rings is 1. The molecule has 31 heavy (non-hydrogen) atoms. The van der Waals surface area contributed by atoms with E-state index < -0.39 is 5.97 Å². The van der Waals surface area contributed by atoms with Gasteiger partial charge in [0.15, 0.2) is 11.2 Å². The highest BCUT2D eigenvalue weighted by Gasteiger charge is 2.55. The zero-order valence-corrected chi connectivity index (χ0v) is 16.9. The van der Waals surface area contributed by atoms with E-state index >= 15 is 0 Å². The highest BCUT2D eigenvalue weighted by Crippen LogP contribution is 2.62. The van der Waals surface area contributed by atoms with Crippen LogP contribution >= 0.6 is 0 Å². The number of hydrogen-bond donors (Lipinski definition) is 2. The second-order valence-corrected chi connectivity index (χ2v) is 8.94. The summed E-state index contributed by atoms with van der Waals surface area (Å²) in [5, 5.41) is 9.14. The number of nitrogens with zero attached hydrogens (tertiary/aromatic N) is 3. The van der Waals surface area contributed by atoms with E-state index in [0.29, 0.717) is 28.7 Å². The molecule has 2 fully saturated rings. The number of imidazole rings is 1. The van der Waals surface area contributed by atoms with E-state index in [1.807, 2.05) is 18.2 Å². The second kappa shape index (κ2) is 6.54. The Hall–Kier alpha value is -3.42. The fourth-order valence-corrected chi connectivity index (χ4v) is 5.80. The highest BCUT2D eigenvalue weighted by atomic mass is 16.5. The molecule has 3 aromatic rings. The quantitative estimate of drug-likeness (QED) is 0.594. The largest absolute Gasteiger partial charge is 0.481 e. The number of aliphatic carboxylic acids is 1. The second-order valence-electron chi connectivity index (χ2n) is 8.94. The standard InChI is InChI=1S/C23H22N4O4/c28-17(29)6-7-27-20(30)18-19(26-22(27)31-16-4-2-1-3-5-16)25-21(24-18)23-11-13-8-14(12-23)10-15(23)9-13/h1-5,9,13-14H,6-8,10-12H2,(H,24,25)(H,28,29). The molecule has 4 bridgehead atoms. The van der Waals surface area contributed by atoms with Crippen molar-refractivity contribution in [3.8, 4) is 11.8 Å². The molecule has 0 amide bonds. The van der Waals surface area contributed by atoms with Crippen LogP contribution in [0, 0.1) is 11.8 Å². The van der Waals surface area contributed by atoms with Crippen LogP contribution in [0.15, 0.2) is 46.8 Å². The third-order valence-corrected chi connectivity index (χ3v) is 6.98. The van der Waals surface area contributed by atoms with Crippen LogP contribution in [0.3, 0.4) is 0 Å². The van der Waals surface area contributed by atoms with Crippen molar-refractivity contribution in [1.82, 2.24) is 19.5 Å². The monoisotopic (exact) mass is 418 g/mol. The molecule has 1 aromatic carbocycles. The molecular formula is C23H22N4O4. The minimum absolute atomic E-state index is 0.0337. The molecular weight excluding hydrogens is 396 g/mol. The first kappa shape index (κ1) is 18.4. The third kappa shape index (κ3) is 2.81. The topological polar surface area (TPSA) is 110 Å². The van der Waals surface area contributed by atoms with Crippen molar-refractivity contribution in [3.05, 3.63) is 58.2 Å². The van der Waals surface area contributed by atoms with Crippen molar-refractivity contribution in [1.29, 1.82) is 0 Å². The zero-order valence-electron chi connectivity index (χ0n) is 16.9. The summed E-state index contributed by atoms with van der Waals surface area (Å²) in [5.74, 6) is 1.64. The van der Waals surface area contributed by atoms with Crippen LogP contribution in [0.5, 0.6) is 11.8 Å². The van der Waals surface area contributed by atoms with Gasteiger partial charge in [-0.05, 0) is 49.7 Å². The van der Waals surface area contributed by atoms with Crippen LogP contribution in [0.4, 0.5) is 0 Å². The number of nitrogens with one attached hydrogen (secondary N) is 1. The summed E-state index contributed by atoms with van der Waals surface area (Å²) < 4.78 is 7.15. The van der Waals surface area contributed by atoms with Crippen LogP contribution in [0.2, 0.25) is 0 Å². The van der Waals surface area contributed by atoms with Gasteiger partial charge in [-0.25, -0.2) is 4.98 Å². The number of carboxylic acid groups (broad SMARTS) is 1. The third-order valence-electron chi connectivity index (χ3n) is 6.98. The minimum Gasteiger partial charge on any atom is -0.481 e. The van der Waals surface area contributed by atoms with Gasteiger partial charge in [0.1, 0.15) is 11.6 Å². The SMILES string of the molecule is O=C(O)CCn1c(Oc2ccccc2)nc2nc(C34CC5C=C3CC(C5)C4)[nH]c2c1=O.